The van der Waals surface area contributed by atoms with Gasteiger partial charge in [-0.1, -0.05) is 0 Å². The fourth-order valence-electron chi connectivity index (χ4n) is 2.29. The molecule has 1 atom stereocenters. The van der Waals surface area contributed by atoms with Crippen LogP contribution in [0.2, 0.25) is 0 Å². The quantitative estimate of drug-likeness (QED) is 0.745. The summed E-state index contributed by atoms with van der Waals surface area (Å²) in [5, 5.41) is 11.7. The number of carboxylic acids is 1. The maximum atomic E-state index is 11.8. The number of nitrogens with one attached hydrogen (secondary N) is 1. The predicted molar refractivity (Wildman–Crippen MR) is 59.7 cm³/mol. The molecule has 17 heavy (non-hydrogen) atoms. The van der Waals surface area contributed by atoms with Crippen LogP contribution in [-0.4, -0.2) is 54.4 Å². The zero-order valence-corrected chi connectivity index (χ0v) is 9.89. The molecule has 2 fully saturated rings. The first-order valence-corrected chi connectivity index (χ1v) is 5.91. The second-order valence-electron chi connectivity index (χ2n) is 4.75. The smallest absolute Gasteiger partial charge is 0.317 e. The maximum Gasteiger partial charge on any atom is 0.317 e. The van der Waals surface area contributed by atoms with Crippen LogP contribution in [0, 0.1) is 5.92 Å². The third-order valence-corrected chi connectivity index (χ3v) is 3.58. The van der Waals surface area contributed by atoms with Crippen molar-refractivity contribution in [3.63, 3.8) is 0 Å². The van der Waals surface area contributed by atoms with Gasteiger partial charge in [-0.25, -0.2) is 4.79 Å². The van der Waals surface area contributed by atoms with E-state index in [9.17, 15) is 9.59 Å². The number of methoxy groups -OCH3 is 1. The summed E-state index contributed by atoms with van der Waals surface area (Å²) in [5.74, 6) is -1.22. The number of nitrogens with zero attached hydrogens (tertiary/aromatic N) is 1. The van der Waals surface area contributed by atoms with E-state index in [0.29, 0.717) is 19.5 Å². The summed E-state index contributed by atoms with van der Waals surface area (Å²) in [7, 11) is 1.67. The molecule has 1 unspecified atom stereocenters. The van der Waals surface area contributed by atoms with Gasteiger partial charge in [-0.15, -0.1) is 0 Å². The van der Waals surface area contributed by atoms with Crippen LogP contribution in [0.3, 0.4) is 0 Å². The minimum absolute atomic E-state index is 0.145. The van der Waals surface area contributed by atoms with Gasteiger partial charge in [0.1, 0.15) is 0 Å². The number of carboxylic acid groups (broad SMARTS) is 1. The highest BCUT2D eigenvalue weighted by Gasteiger charge is 2.34. The van der Waals surface area contributed by atoms with Crippen molar-refractivity contribution in [3.05, 3.63) is 0 Å². The molecule has 0 aromatic rings. The van der Waals surface area contributed by atoms with Crippen molar-refractivity contribution < 1.29 is 19.4 Å². The van der Waals surface area contributed by atoms with Crippen LogP contribution in [0.4, 0.5) is 4.79 Å². The van der Waals surface area contributed by atoms with Crippen molar-refractivity contribution in [1.82, 2.24) is 10.2 Å². The first-order valence-electron chi connectivity index (χ1n) is 5.91. The van der Waals surface area contributed by atoms with Crippen LogP contribution in [-0.2, 0) is 9.53 Å². The molecule has 0 aromatic heterocycles. The van der Waals surface area contributed by atoms with Gasteiger partial charge in [-0.3, -0.25) is 4.79 Å². The normalized spacial score (nSPS) is 32.1. The van der Waals surface area contributed by atoms with Crippen LogP contribution >= 0.6 is 0 Å². The second kappa shape index (κ2) is 4.91. The molecular formula is C11H18N2O4. The van der Waals surface area contributed by atoms with Gasteiger partial charge < -0.3 is 20.1 Å². The molecule has 1 saturated carbocycles. The minimum Gasteiger partial charge on any atom is -0.481 e. The number of carbonyl (C=O) groups is 2. The van der Waals surface area contributed by atoms with E-state index in [2.05, 4.69) is 5.32 Å². The molecule has 2 rings (SSSR count). The van der Waals surface area contributed by atoms with Gasteiger partial charge in [-0.05, 0) is 19.3 Å². The number of urea groups is 1. The molecule has 0 spiro atoms. The third-order valence-electron chi connectivity index (χ3n) is 3.58. The first kappa shape index (κ1) is 12.2. The topological polar surface area (TPSA) is 78.9 Å². The summed E-state index contributed by atoms with van der Waals surface area (Å²) in [6.07, 6.45) is 2.50. The third kappa shape index (κ3) is 2.69. The molecule has 1 aliphatic carbocycles. The molecule has 6 heteroatoms. The lowest BCUT2D eigenvalue weighted by Gasteiger charge is -2.35. The summed E-state index contributed by atoms with van der Waals surface area (Å²) in [5.41, 5.74) is 0. The van der Waals surface area contributed by atoms with Gasteiger partial charge in [0, 0.05) is 26.2 Å². The highest BCUT2D eigenvalue weighted by molar-refractivity contribution is 5.77. The van der Waals surface area contributed by atoms with Crippen molar-refractivity contribution in [1.29, 1.82) is 0 Å². The Kier molecular flexibility index (Phi) is 3.51. The fourth-order valence-corrected chi connectivity index (χ4v) is 2.29. The zero-order valence-electron chi connectivity index (χ0n) is 9.89. The number of likely N-dealkylation sites (tertiary alicyclic amines) is 1. The van der Waals surface area contributed by atoms with Gasteiger partial charge in [0.25, 0.3) is 0 Å². The van der Waals surface area contributed by atoms with E-state index in [1.54, 1.807) is 12.0 Å². The molecule has 2 aliphatic rings. The summed E-state index contributed by atoms with van der Waals surface area (Å²) in [4.78, 5) is 24.1. The molecule has 96 valence electrons. The Hall–Kier alpha value is -1.30. The molecule has 2 N–H and O–H groups in total. The van der Waals surface area contributed by atoms with Crippen molar-refractivity contribution in [2.45, 2.75) is 31.4 Å². The SMILES string of the molecule is COC1CC(NC(=O)N2CCC(C(=O)O)C2)C1. The van der Waals surface area contributed by atoms with Crippen LogP contribution in [0.15, 0.2) is 0 Å². The van der Waals surface area contributed by atoms with E-state index in [0.717, 1.165) is 12.8 Å². The molecule has 1 aliphatic heterocycles. The summed E-state index contributed by atoms with van der Waals surface area (Å²) >= 11 is 0. The fraction of sp³-hybridized carbons (Fsp3) is 0.818. The summed E-state index contributed by atoms with van der Waals surface area (Å²) in [6, 6.07) is 0.0321. The Labute approximate surface area is 99.9 Å². The predicted octanol–water partition coefficient (Wildman–Crippen LogP) is 0.280. The van der Waals surface area contributed by atoms with Gasteiger partial charge in [0.2, 0.25) is 0 Å². The molecular weight excluding hydrogens is 224 g/mol. The molecule has 6 nitrogen and oxygen atoms in total. The van der Waals surface area contributed by atoms with Gasteiger partial charge in [-0.2, -0.15) is 0 Å². The van der Waals surface area contributed by atoms with Crippen molar-refractivity contribution >= 4 is 12.0 Å². The summed E-state index contributed by atoms with van der Waals surface area (Å²) < 4.78 is 5.13. The highest BCUT2D eigenvalue weighted by Crippen LogP contribution is 2.23. The van der Waals surface area contributed by atoms with Gasteiger partial charge in [0.15, 0.2) is 0 Å². The maximum absolute atomic E-state index is 11.8. The molecule has 0 radical (unpaired) electrons. The van der Waals surface area contributed by atoms with E-state index in [4.69, 9.17) is 9.84 Å². The Morgan fingerprint density at radius 3 is 2.65 bits per heavy atom. The first-order chi connectivity index (χ1) is 8.10. The van der Waals surface area contributed by atoms with Gasteiger partial charge >= 0.3 is 12.0 Å². The van der Waals surface area contributed by atoms with Gasteiger partial charge in [0.05, 0.1) is 12.0 Å². The number of carbonyl (C=O) groups excluding carboxylic acids is 1. The van der Waals surface area contributed by atoms with E-state index in [1.165, 1.54) is 0 Å². The molecule has 0 bridgehead atoms. The van der Waals surface area contributed by atoms with Crippen molar-refractivity contribution in [2.75, 3.05) is 20.2 Å². The lowest BCUT2D eigenvalue weighted by atomic mass is 9.89. The second-order valence-corrected chi connectivity index (χ2v) is 4.75. The van der Waals surface area contributed by atoms with E-state index >= 15 is 0 Å². The van der Waals surface area contributed by atoms with Crippen molar-refractivity contribution in [2.24, 2.45) is 5.92 Å². The average molecular weight is 242 g/mol. The molecule has 0 aromatic carbocycles. The Morgan fingerprint density at radius 1 is 1.41 bits per heavy atom. The molecule has 2 amide bonds. The molecule has 1 saturated heterocycles. The lowest BCUT2D eigenvalue weighted by Crippen LogP contribution is -2.51. The number of aliphatic carboxylic acids is 1. The standard InChI is InChI=1S/C11H18N2O4/c1-17-9-4-8(5-9)12-11(16)13-3-2-7(6-13)10(14)15/h7-9H,2-6H2,1H3,(H,12,16)(H,14,15). The van der Waals surface area contributed by atoms with Crippen LogP contribution in [0.1, 0.15) is 19.3 Å². The zero-order chi connectivity index (χ0) is 12.4. The van der Waals surface area contributed by atoms with E-state index in [1.807, 2.05) is 0 Å². The van der Waals surface area contributed by atoms with Crippen molar-refractivity contribution in [3.8, 4) is 0 Å². The number of rotatable bonds is 3. The number of hydrogen-bond acceptors (Lipinski definition) is 3. The monoisotopic (exact) mass is 242 g/mol. The van der Waals surface area contributed by atoms with Crippen LogP contribution < -0.4 is 5.32 Å². The van der Waals surface area contributed by atoms with E-state index < -0.39 is 11.9 Å². The molecule has 1 heterocycles. The Bertz CT molecular complexity index is 315. The Morgan fingerprint density at radius 2 is 2.12 bits per heavy atom. The highest BCUT2D eigenvalue weighted by atomic mass is 16.5. The number of hydrogen-bond donors (Lipinski definition) is 2. The van der Waals surface area contributed by atoms with Crippen LogP contribution in [0.25, 0.3) is 0 Å². The van der Waals surface area contributed by atoms with Crippen LogP contribution in [0.5, 0.6) is 0 Å². The Balaban J connectivity index is 1.73. The summed E-state index contributed by atoms with van der Waals surface area (Å²) in [6.45, 7) is 0.852. The number of ether oxygens (including phenoxy) is 1. The average Bonchev–Trinajstić information content (AvgIpc) is 2.71. The lowest BCUT2D eigenvalue weighted by molar-refractivity contribution is -0.141. The minimum atomic E-state index is -0.816. The van der Waals surface area contributed by atoms with E-state index in [-0.39, 0.29) is 18.2 Å². The number of amides is 2. The largest absolute Gasteiger partial charge is 0.481 e.